The van der Waals surface area contributed by atoms with Crippen LogP contribution in [0.25, 0.3) is 16.6 Å². The molecule has 3 aromatic carbocycles. The Hall–Kier alpha value is -3.98. The summed E-state index contributed by atoms with van der Waals surface area (Å²) in [5.74, 6) is -1.98. The minimum Gasteiger partial charge on any atom is -0.272 e. The molecule has 0 saturated heterocycles. The summed E-state index contributed by atoms with van der Waals surface area (Å²) in [5.41, 5.74) is 6.25. The van der Waals surface area contributed by atoms with Crippen LogP contribution in [-0.4, -0.2) is 27.1 Å². The molecule has 4 rings (SSSR count). The van der Waals surface area contributed by atoms with Gasteiger partial charge in [0.2, 0.25) is 5.91 Å². The Balaban J connectivity index is 1.60. The van der Waals surface area contributed by atoms with Crippen LogP contribution in [0.4, 0.5) is 4.39 Å². The second-order valence-corrected chi connectivity index (χ2v) is 8.98. The van der Waals surface area contributed by atoms with Crippen molar-refractivity contribution in [2.45, 2.75) is 24.9 Å². The Kier molecular flexibility index (Phi) is 7.26. The molecule has 35 heavy (non-hydrogen) atoms. The number of carbonyl (C=O) groups is 2. The van der Waals surface area contributed by atoms with Gasteiger partial charge in [0.1, 0.15) is 5.82 Å². The van der Waals surface area contributed by atoms with Crippen molar-refractivity contribution in [3.63, 3.8) is 0 Å². The lowest BCUT2D eigenvalue weighted by Gasteiger charge is -2.18. The Morgan fingerprint density at radius 2 is 1.66 bits per heavy atom. The summed E-state index contributed by atoms with van der Waals surface area (Å²) >= 11 is 1.06. The number of carbonyl (C=O) groups excluding carboxylic acids is 2. The summed E-state index contributed by atoms with van der Waals surface area (Å²) in [4.78, 5) is 42.7. The van der Waals surface area contributed by atoms with Gasteiger partial charge in [0, 0.05) is 0 Å². The third-order valence-electron chi connectivity index (χ3n) is 5.31. The number of hydrogen-bond donors (Lipinski definition) is 2. The van der Waals surface area contributed by atoms with Crippen molar-refractivity contribution < 1.29 is 14.0 Å². The van der Waals surface area contributed by atoms with Gasteiger partial charge < -0.3 is 0 Å². The van der Waals surface area contributed by atoms with Crippen LogP contribution in [0.3, 0.4) is 0 Å². The number of nitrogens with one attached hydrogen (secondary N) is 2. The topological polar surface area (TPSA) is 93.1 Å². The van der Waals surface area contributed by atoms with Crippen LogP contribution in [0.5, 0.6) is 0 Å². The zero-order valence-electron chi connectivity index (χ0n) is 19.1. The summed E-state index contributed by atoms with van der Waals surface area (Å²) in [7, 11) is 0. The number of hydrazine groups is 1. The zero-order valence-corrected chi connectivity index (χ0v) is 19.9. The van der Waals surface area contributed by atoms with Crippen LogP contribution < -0.4 is 16.4 Å². The van der Waals surface area contributed by atoms with E-state index in [9.17, 15) is 18.8 Å². The molecule has 9 heteroatoms. The number of amides is 2. The summed E-state index contributed by atoms with van der Waals surface area (Å²) in [6.07, 6.45) is 0. The lowest BCUT2D eigenvalue weighted by molar-refractivity contribution is -0.119. The number of halogens is 1. The van der Waals surface area contributed by atoms with Gasteiger partial charge in [-0.2, -0.15) is 0 Å². The number of aromatic nitrogens is 2. The molecule has 2 amide bonds. The summed E-state index contributed by atoms with van der Waals surface area (Å²) < 4.78 is 15.3. The van der Waals surface area contributed by atoms with Gasteiger partial charge in [-0.1, -0.05) is 68.1 Å². The minimum atomic E-state index is -0.770. The third kappa shape index (κ3) is 5.25. The van der Waals surface area contributed by atoms with Crippen molar-refractivity contribution >= 4 is 34.5 Å². The highest BCUT2D eigenvalue weighted by Crippen LogP contribution is 2.27. The first-order chi connectivity index (χ1) is 16.9. The van der Waals surface area contributed by atoms with Crippen molar-refractivity contribution in [1.29, 1.82) is 0 Å². The molecule has 0 aliphatic heterocycles. The van der Waals surface area contributed by atoms with E-state index in [-0.39, 0.29) is 22.8 Å². The first kappa shape index (κ1) is 24.2. The molecular weight excluding hydrogens is 467 g/mol. The summed E-state index contributed by atoms with van der Waals surface area (Å²) in [6.45, 7) is 4.08. The maximum Gasteiger partial charge on any atom is 0.272 e. The largest absolute Gasteiger partial charge is 0.272 e. The molecule has 0 fully saturated rings. The minimum absolute atomic E-state index is 0.133. The van der Waals surface area contributed by atoms with Gasteiger partial charge in [0.05, 0.1) is 27.9 Å². The SMILES string of the molecule is CC(C)c1ccccc1-n1c(SCC(=O)NNC(=O)c2ccccc2F)nc2ccccc2c1=O. The predicted octanol–water partition coefficient (Wildman–Crippen LogP) is 4.20. The van der Waals surface area contributed by atoms with Crippen LogP contribution in [0, 0.1) is 5.82 Å². The predicted molar refractivity (Wildman–Crippen MR) is 134 cm³/mol. The lowest BCUT2D eigenvalue weighted by atomic mass is 10.0. The number of rotatable bonds is 6. The summed E-state index contributed by atoms with van der Waals surface area (Å²) in [6, 6.07) is 20.1. The molecule has 0 aliphatic rings. The number of benzene rings is 3. The van der Waals surface area contributed by atoms with Gasteiger partial charge in [-0.05, 0) is 41.8 Å². The molecular formula is C26H23FN4O3S. The summed E-state index contributed by atoms with van der Waals surface area (Å²) in [5, 5.41) is 0.814. The number of para-hydroxylation sites is 2. The molecule has 1 heterocycles. The highest BCUT2D eigenvalue weighted by atomic mass is 32.2. The van der Waals surface area contributed by atoms with E-state index in [0.29, 0.717) is 21.7 Å². The lowest BCUT2D eigenvalue weighted by Crippen LogP contribution is -2.42. The van der Waals surface area contributed by atoms with Crippen molar-refractivity contribution in [3.05, 3.63) is 100 Å². The Morgan fingerprint density at radius 3 is 2.43 bits per heavy atom. The average Bonchev–Trinajstić information content (AvgIpc) is 2.86. The van der Waals surface area contributed by atoms with E-state index in [0.717, 1.165) is 23.4 Å². The molecule has 178 valence electrons. The molecule has 0 unspecified atom stereocenters. The van der Waals surface area contributed by atoms with E-state index in [1.54, 1.807) is 24.3 Å². The van der Waals surface area contributed by atoms with Crippen molar-refractivity contribution in [2.75, 3.05) is 5.75 Å². The molecule has 0 spiro atoms. The maximum absolute atomic E-state index is 13.8. The smallest absolute Gasteiger partial charge is 0.272 e. The Bertz CT molecular complexity index is 1470. The Labute approximate surface area is 205 Å². The van der Waals surface area contributed by atoms with E-state index in [2.05, 4.69) is 15.8 Å². The first-order valence-electron chi connectivity index (χ1n) is 10.9. The number of nitrogens with zero attached hydrogens (tertiary/aromatic N) is 2. The van der Waals surface area contributed by atoms with E-state index < -0.39 is 17.6 Å². The zero-order chi connectivity index (χ0) is 24.9. The normalized spacial score (nSPS) is 11.0. The van der Waals surface area contributed by atoms with Gasteiger partial charge in [0.25, 0.3) is 11.5 Å². The number of fused-ring (bicyclic) bond motifs is 1. The second-order valence-electron chi connectivity index (χ2n) is 8.04. The molecule has 0 aliphatic carbocycles. The van der Waals surface area contributed by atoms with E-state index in [1.807, 2.05) is 38.1 Å². The fraction of sp³-hybridized carbons (Fsp3) is 0.154. The fourth-order valence-corrected chi connectivity index (χ4v) is 4.41. The second kappa shape index (κ2) is 10.5. The quantitative estimate of drug-likeness (QED) is 0.240. The standard InChI is InChI=1S/C26H23FN4O3S/c1-16(2)17-9-5-8-14-22(17)31-25(34)19-11-4-7-13-21(19)28-26(31)35-15-23(32)29-30-24(33)18-10-3-6-12-20(18)27/h3-14,16H,15H2,1-2H3,(H,29,32)(H,30,33). The van der Waals surface area contributed by atoms with Crippen LogP contribution in [0.2, 0.25) is 0 Å². The number of hydrogen-bond acceptors (Lipinski definition) is 5. The van der Waals surface area contributed by atoms with Gasteiger partial charge in [-0.15, -0.1) is 0 Å². The van der Waals surface area contributed by atoms with Crippen LogP contribution in [0.15, 0.2) is 82.7 Å². The van der Waals surface area contributed by atoms with Gasteiger partial charge >= 0.3 is 0 Å². The van der Waals surface area contributed by atoms with E-state index in [1.165, 1.54) is 22.8 Å². The molecule has 2 N–H and O–H groups in total. The van der Waals surface area contributed by atoms with Crippen LogP contribution in [0.1, 0.15) is 35.7 Å². The van der Waals surface area contributed by atoms with Gasteiger partial charge in [0.15, 0.2) is 5.16 Å². The van der Waals surface area contributed by atoms with Gasteiger partial charge in [-0.25, -0.2) is 9.37 Å². The van der Waals surface area contributed by atoms with Gasteiger partial charge in [-0.3, -0.25) is 29.8 Å². The maximum atomic E-state index is 13.8. The number of thioether (sulfide) groups is 1. The average molecular weight is 491 g/mol. The molecule has 1 aromatic heterocycles. The van der Waals surface area contributed by atoms with Crippen LogP contribution in [-0.2, 0) is 4.79 Å². The molecule has 7 nitrogen and oxygen atoms in total. The molecule has 4 aromatic rings. The molecule has 0 bridgehead atoms. The third-order valence-corrected chi connectivity index (χ3v) is 6.25. The fourth-order valence-electron chi connectivity index (χ4n) is 3.61. The van der Waals surface area contributed by atoms with Crippen molar-refractivity contribution in [3.8, 4) is 5.69 Å². The van der Waals surface area contributed by atoms with E-state index >= 15 is 0 Å². The highest BCUT2D eigenvalue weighted by molar-refractivity contribution is 7.99. The molecule has 0 radical (unpaired) electrons. The first-order valence-corrected chi connectivity index (χ1v) is 11.9. The highest BCUT2D eigenvalue weighted by Gasteiger charge is 2.18. The van der Waals surface area contributed by atoms with Crippen molar-refractivity contribution in [1.82, 2.24) is 20.4 Å². The monoisotopic (exact) mass is 490 g/mol. The van der Waals surface area contributed by atoms with E-state index in [4.69, 9.17) is 0 Å². The Morgan fingerprint density at radius 1 is 0.971 bits per heavy atom. The van der Waals surface area contributed by atoms with Crippen LogP contribution >= 0.6 is 11.8 Å². The molecule has 0 atom stereocenters. The molecule has 0 saturated carbocycles. The van der Waals surface area contributed by atoms with Crippen molar-refractivity contribution in [2.24, 2.45) is 0 Å².